The van der Waals surface area contributed by atoms with Crippen molar-refractivity contribution in [3.8, 4) is 11.5 Å². The highest BCUT2D eigenvalue weighted by Gasteiger charge is 2.81. The van der Waals surface area contributed by atoms with Crippen molar-refractivity contribution < 1.29 is 43.1 Å². The molecule has 6 rings (SSSR count). The van der Waals surface area contributed by atoms with Crippen molar-refractivity contribution in [1.82, 2.24) is 0 Å². The molecule has 6 unspecified atom stereocenters. The number of cyclic esters (lactones) is 1. The van der Waals surface area contributed by atoms with E-state index in [1.807, 2.05) is 20.8 Å². The Morgan fingerprint density at radius 3 is 2.50 bits per heavy atom. The van der Waals surface area contributed by atoms with Crippen LogP contribution in [0.15, 0.2) is 0 Å². The van der Waals surface area contributed by atoms with Crippen LogP contribution in [-0.2, 0) is 36.8 Å². The lowest BCUT2D eigenvalue weighted by Crippen LogP contribution is -2.77. The molecule has 4 heterocycles. The minimum atomic E-state index is -1.75. The second kappa shape index (κ2) is 6.94. The summed E-state index contributed by atoms with van der Waals surface area (Å²) >= 11 is 0. The molecule has 1 spiro atoms. The Labute approximate surface area is 210 Å². The van der Waals surface area contributed by atoms with Gasteiger partial charge >= 0.3 is 11.9 Å². The molecule has 196 valence electrons. The highest BCUT2D eigenvalue weighted by atomic mass is 16.9. The highest BCUT2D eigenvalue weighted by Crippen LogP contribution is 2.71. The summed E-state index contributed by atoms with van der Waals surface area (Å²) in [5, 5.41) is 11.1. The number of fused-ring (bicyclic) bond motifs is 5. The first-order chi connectivity index (χ1) is 16.7. The summed E-state index contributed by atoms with van der Waals surface area (Å²) in [5.74, 6) is -1.51. The van der Waals surface area contributed by atoms with Gasteiger partial charge in [0.15, 0.2) is 0 Å². The average Bonchev–Trinajstić information content (AvgIpc) is 3.24. The van der Waals surface area contributed by atoms with Crippen LogP contribution >= 0.6 is 0 Å². The molecule has 9 nitrogen and oxygen atoms in total. The Balaban J connectivity index is 1.57. The predicted octanol–water partition coefficient (Wildman–Crippen LogP) is 3.33. The van der Waals surface area contributed by atoms with Gasteiger partial charge in [-0.2, -0.15) is 0 Å². The molecule has 1 N–H and O–H groups in total. The zero-order valence-corrected chi connectivity index (χ0v) is 21.9. The quantitative estimate of drug-likeness (QED) is 0.609. The molecule has 1 aliphatic carbocycles. The van der Waals surface area contributed by atoms with E-state index in [1.54, 1.807) is 7.11 Å². The average molecular weight is 503 g/mol. The van der Waals surface area contributed by atoms with Crippen molar-refractivity contribution in [3.63, 3.8) is 0 Å². The van der Waals surface area contributed by atoms with E-state index in [0.29, 0.717) is 36.3 Å². The van der Waals surface area contributed by atoms with E-state index in [2.05, 4.69) is 13.8 Å². The topological polar surface area (TPSA) is 110 Å². The summed E-state index contributed by atoms with van der Waals surface area (Å²) in [4.78, 5) is 25.0. The van der Waals surface area contributed by atoms with Crippen LogP contribution < -0.4 is 9.47 Å². The second-order valence-corrected chi connectivity index (χ2v) is 11.9. The smallest absolute Gasteiger partial charge is 0.342 e. The minimum absolute atomic E-state index is 0.126. The first-order valence-corrected chi connectivity index (χ1v) is 12.6. The molecule has 0 amide bonds. The van der Waals surface area contributed by atoms with Gasteiger partial charge in [0.25, 0.3) is 5.97 Å². The standard InChI is InChI=1S/C27H34O9/c1-13-16-12-32-22(29)19(16)21(31-7)15-10-17-24(5)8-9-26(30)35-23(3,4)27(24,36-26)18(33-14(2)28)11-25(17,6)34-20(13)15/h17-18,30H,8-12H2,1-7H3. The molecule has 1 aromatic carbocycles. The molecule has 2 saturated heterocycles. The van der Waals surface area contributed by atoms with Crippen molar-refractivity contribution in [2.75, 3.05) is 7.11 Å². The van der Waals surface area contributed by atoms with Gasteiger partial charge in [-0.15, -0.1) is 0 Å². The molecule has 6 atom stereocenters. The SMILES string of the molecule is COc1c2c(c(C)c3c1C(=O)OC3)OC1(C)CC(OC(C)=O)C34OC(O)(CCC3(C)C1C2)OC4(C)C. The van der Waals surface area contributed by atoms with Crippen LogP contribution in [0.5, 0.6) is 11.5 Å². The van der Waals surface area contributed by atoms with Gasteiger partial charge in [-0.3, -0.25) is 4.79 Å². The van der Waals surface area contributed by atoms with Gasteiger partial charge in [-0.25, -0.2) is 4.79 Å². The Morgan fingerprint density at radius 1 is 1.11 bits per heavy atom. The van der Waals surface area contributed by atoms with E-state index in [9.17, 15) is 14.7 Å². The molecule has 36 heavy (non-hydrogen) atoms. The van der Waals surface area contributed by atoms with Crippen LogP contribution in [0.25, 0.3) is 0 Å². The maximum absolute atomic E-state index is 12.6. The maximum Gasteiger partial charge on any atom is 0.342 e. The number of methoxy groups -OCH3 is 1. The fourth-order valence-electron chi connectivity index (χ4n) is 8.37. The van der Waals surface area contributed by atoms with Crippen molar-refractivity contribution in [3.05, 3.63) is 22.3 Å². The number of carbonyl (C=O) groups is 2. The predicted molar refractivity (Wildman–Crippen MR) is 125 cm³/mol. The van der Waals surface area contributed by atoms with Gasteiger partial charge in [0.2, 0.25) is 0 Å². The Kier molecular flexibility index (Phi) is 4.62. The molecule has 2 bridgehead atoms. The van der Waals surface area contributed by atoms with Crippen LogP contribution in [0, 0.1) is 18.3 Å². The van der Waals surface area contributed by atoms with Crippen LogP contribution in [0.4, 0.5) is 0 Å². The van der Waals surface area contributed by atoms with E-state index in [0.717, 1.165) is 16.7 Å². The van der Waals surface area contributed by atoms with Gasteiger partial charge in [-0.05, 0) is 46.1 Å². The second-order valence-electron chi connectivity index (χ2n) is 11.9. The van der Waals surface area contributed by atoms with E-state index >= 15 is 0 Å². The van der Waals surface area contributed by atoms with Crippen LogP contribution in [0.1, 0.15) is 80.9 Å². The Morgan fingerprint density at radius 2 is 1.83 bits per heavy atom. The van der Waals surface area contributed by atoms with Gasteiger partial charge in [-0.1, -0.05) is 6.92 Å². The molecule has 5 aliphatic rings. The zero-order valence-electron chi connectivity index (χ0n) is 21.9. The third kappa shape index (κ3) is 2.66. The van der Waals surface area contributed by atoms with Crippen molar-refractivity contribution in [2.45, 2.75) is 103 Å². The largest absolute Gasteiger partial charge is 0.495 e. The van der Waals surface area contributed by atoms with Gasteiger partial charge < -0.3 is 33.5 Å². The van der Waals surface area contributed by atoms with Crippen LogP contribution in [-0.4, -0.2) is 53.0 Å². The monoisotopic (exact) mass is 502 g/mol. The molecule has 3 fully saturated rings. The molecule has 4 aliphatic heterocycles. The Bertz CT molecular complexity index is 1210. The van der Waals surface area contributed by atoms with E-state index < -0.39 is 46.2 Å². The van der Waals surface area contributed by atoms with Gasteiger partial charge in [0, 0.05) is 42.2 Å². The summed E-state index contributed by atoms with van der Waals surface area (Å²) in [6.45, 7) is 11.5. The summed E-state index contributed by atoms with van der Waals surface area (Å²) in [7, 11) is 1.56. The fourth-order valence-corrected chi connectivity index (χ4v) is 8.37. The summed E-state index contributed by atoms with van der Waals surface area (Å²) in [5.41, 5.74) is -0.495. The summed E-state index contributed by atoms with van der Waals surface area (Å²) in [6, 6.07) is 0. The number of aliphatic hydroxyl groups is 1. The lowest BCUT2D eigenvalue weighted by atomic mass is 9.45. The third-order valence-electron chi connectivity index (χ3n) is 9.67. The van der Waals surface area contributed by atoms with E-state index in [1.165, 1.54) is 6.92 Å². The lowest BCUT2D eigenvalue weighted by molar-refractivity contribution is -0.384. The number of hydrogen-bond acceptors (Lipinski definition) is 9. The Hall–Kier alpha value is -2.36. The molecule has 0 radical (unpaired) electrons. The molecular formula is C27H34O9. The van der Waals surface area contributed by atoms with Crippen LogP contribution in [0.2, 0.25) is 0 Å². The normalized spacial score (nSPS) is 41.3. The van der Waals surface area contributed by atoms with Crippen molar-refractivity contribution >= 4 is 11.9 Å². The zero-order chi connectivity index (χ0) is 26.1. The van der Waals surface area contributed by atoms with Gasteiger partial charge in [0.05, 0.1) is 7.11 Å². The van der Waals surface area contributed by atoms with Crippen molar-refractivity contribution in [1.29, 1.82) is 0 Å². The number of hydrogen-bond donors (Lipinski definition) is 1. The maximum atomic E-state index is 12.6. The van der Waals surface area contributed by atoms with Crippen LogP contribution in [0.3, 0.4) is 0 Å². The summed E-state index contributed by atoms with van der Waals surface area (Å²) < 4.78 is 36.6. The summed E-state index contributed by atoms with van der Waals surface area (Å²) in [6.07, 6.45) is 1.03. The van der Waals surface area contributed by atoms with E-state index in [4.69, 9.17) is 28.4 Å². The van der Waals surface area contributed by atoms with Gasteiger partial charge in [0.1, 0.15) is 46.6 Å². The first-order valence-electron chi connectivity index (χ1n) is 12.6. The molecule has 1 aromatic rings. The number of rotatable bonds is 2. The fraction of sp³-hybridized carbons (Fsp3) is 0.704. The number of esters is 2. The highest BCUT2D eigenvalue weighted by molar-refractivity contribution is 5.98. The minimum Gasteiger partial charge on any atom is -0.495 e. The molecular weight excluding hydrogens is 468 g/mol. The molecule has 1 saturated carbocycles. The number of benzene rings is 1. The molecule has 9 heteroatoms. The third-order valence-corrected chi connectivity index (χ3v) is 9.67. The first kappa shape index (κ1) is 24.0. The van der Waals surface area contributed by atoms with E-state index in [-0.39, 0.29) is 18.9 Å². The number of ether oxygens (including phenoxy) is 6. The lowest BCUT2D eigenvalue weighted by Gasteiger charge is -2.66. The number of carbonyl (C=O) groups excluding carboxylic acids is 2. The van der Waals surface area contributed by atoms with Crippen molar-refractivity contribution in [2.24, 2.45) is 11.3 Å². The molecule has 0 aromatic heterocycles.